The second-order valence-electron chi connectivity index (χ2n) is 4.93. The van der Waals surface area contributed by atoms with E-state index in [1.165, 1.54) is 0 Å². The van der Waals surface area contributed by atoms with Crippen molar-refractivity contribution in [2.75, 3.05) is 26.4 Å². The molecule has 0 radical (unpaired) electrons. The van der Waals surface area contributed by atoms with E-state index in [0.717, 1.165) is 0 Å². The first-order chi connectivity index (χ1) is 8.41. The summed E-state index contributed by atoms with van der Waals surface area (Å²) < 4.78 is 0. The largest absolute Gasteiger partial charge is 0.384 e. The summed E-state index contributed by atoms with van der Waals surface area (Å²) >= 11 is 0. The van der Waals surface area contributed by atoms with Gasteiger partial charge in [0, 0.05) is 12.6 Å². The van der Waals surface area contributed by atoms with Crippen LogP contribution in [0.3, 0.4) is 0 Å². The van der Waals surface area contributed by atoms with Crippen LogP contribution in [-0.2, 0) is 0 Å². The maximum atomic E-state index is 11.9. The molecule has 5 nitrogen and oxygen atoms in total. The molecule has 0 aliphatic rings. The molecule has 1 aromatic heterocycles. The van der Waals surface area contributed by atoms with E-state index >= 15 is 0 Å². The number of amides is 1. The molecular formula is C13H22N4O. The average molecular weight is 250 g/mol. The molecule has 0 bridgehead atoms. The van der Waals surface area contributed by atoms with E-state index in [9.17, 15) is 4.79 Å². The van der Waals surface area contributed by atoms with Crippen LogP contribution in [0.4, 0.5) is 5.82 Å². The van der Waals surface area contributed by atoms with E-state index in [1.807, 2.05) is 14.1 Å². The molecule has 3 N–H and O–H groups in total. The van der Waals surface area contributed by atoms with Crippen LogP contribution < -0.4 is 11.1 Å². The number of pyridine rings is 1. The summed E-state index contributed by atoms with van der Waals surface area (Å²) in [5.41, 5.74) is 5.91. The molecule has 1 aromatic rings. The van der Waals surface area contributed by atoms with Crippen LogP contribution in [-0.4, -0.2) is 42.5 Å². The highest BCUT2D eigenvalue weighted by Gasteiger charge is 2.17. The molecule has 1 heterocycles. The van der Waals surface area contributed by atoms with Crippen molar-refractivity contribution in [3.8, 4) is 0 Å². The first kappa shape index (κ1) is 14.4. The van der Waals surface area contributed by atoms with Gasteiger partial charge < -0.3 is 16.0 Å². The van der Waals surface area contributed by atoms with Crippen LogP contribution >= 0.6 is 0 Å². The Labute approximate surface area is 108 Å². The van der Waals surface area contributed by atoms with E-state index in [4.69, 9.17) is 5.73 Å². The highest BCUT2D eigenvalue weighted by atomic mass is 16.1. The molecule has 18 heavy (non-hydrogen) atoms. The zero-order valence-electron chi connectivity index (χ0n) is 11.5. The van der Waals surface area contributed by atoms with Gasteiger partial charge in [-0.25, -0.2) is 4.98 Å². The minimum atomic E-state index is -0.185. The monoisotopic (exact) mass is 250 g/mol. The van der Waals surface area contributed by atoms with Gasteiger partial charge in [-0.2, -0.15) is 0 Å². The lowest BCUT2D eigenvalue weighted by atomic mass is 10.0. The van der Waals surface area contributed by atoms with Gasteiger partial charge in [0.05, 0.1) is 0 Å². The van der Waals surface area contributed by atoms with Crippen molar-refractivity contribution in [2.24, 2.45) is 5.92 Å². The number of nitrogen functional groups attached to an aromatic ring is 1. The number of carbonyl (C=O) groups is 1. The maximum absolute atomic E-state index is 11.9. The van der Waals surface area contributed by atoms with Gasteiger partial charge in [0.15, 0.2) is 0 Å². The predicted molar refractivity (Wildman–Crippen MR) is 73.3 cm³/mol. The van der Waals surface area contributed by atoms with E-state index in [0.29, 0.717) is 30.0 Å². The Morgan fingerprint density at radius 3 is 2.61 bits per heavy atom. The van der Waals surface area contributed by atoms with Gasteiger partial charge in [-0.3, -0.25) is 4.79 Å². The van der Waals surface area contributed by atoms with Crippen molar-refractivity contribution in [3.05, 3.63) is 23.9 Å². The standard InChI is InChI=1S/C13H22N4O/c1-9(2)11(17(3)4)8-15-13(18)10-6-5-7-12(14)16-10/h5-7,9,11H,8H2,1-4H3,(H2,14,16)(H,15,18)/t11-/m1/s1. The molecule has 100 valence electrons. The van der Waals surface area contributed by atoms with Crippen LogP contribution in [0.2, 0.25) is 0 Å². The maximum Gasteiger partial charge on any atom is 0.270 e. The molecule has 0 spiro atoms. The molecule has 1 atom stereocenters. The van der Waals surface area contributed by atoms with E-state index < -0.39 is 0 Å². The van der Waals surface area contributed by atoms with Crippen LogP contribution in [0.5, 0.6) is 0 Å². The molecule has 0 saturated heterocycles. The summed E-state index contributed by atoms with van der Waals surface area (Å²) in [5, 5.41) is 2.89. The topological polar surface area (TPSA) is 71.2 Å². The minimum Gasteiger partial charge on any atom is -0.384 e. The normalized spacial score (nSPS) is 12.8. The quantitative estimate of drug-likeness (QED) is 0.817. The second-order valence-corrected chi connectivity index (χ2v) is 4.93. The zero-order chi connectivity index (χ0) is 13.7. The number of nitrogens with zero attached hydrogens (tertiary/aromatic N) is 2. The molecule has 0 fully saturated rings. The van der Waals surface area contributed by atoms with Gasteiger partial charge >= 0.3 is 0 Å². The lowest BCUT2D eigenvalue weighted by Crippen LogP contribution is -2.43. The number of carbonyl (C=O) groups excluding carboxylic acids is 1. The number of nitrogens with one attached hydrogen (secondary N) is 1. The van der Waals surface area contributed by atoms with Crippen LogP contribution in [0.1, 0.15) is 24.3 Å². The zero-order valence-corrected chi connectivity index (χ0v) is 11.5. The van der Waals surface area contributed by atoms with E-state index in [2.05, 4.69) is 29.0 Å². The molecule has 0 saturated carbocycles. The van der Waals surface area contributed by atoms with Gasteiger partial charge in [0.1, 0.15) is 11.5 Å². The summed E-state index contributed by atoms with van der Waals surface area (Å²) in [5.74, 6) is 0.638. The first-order valence-corrected chi connectivity index (χ1v) is 6.09. The lowest BCUT2D eigenvalue weighted by molar-refractivity contribution is 0.0930. The van der Waals surface area contributed by atoms with Crippen LogP contribution in [0.25, 0.3) is 0 Å². The number of rotatable bonds is 5. The second kappa shape index (κ2) is 6.35. The van der Waals surface area contributed by atoms with Gasteiger partial charge in [0.25, 0.3) is 5.91 Å². The van der Waals surface area contributed by atoms with Gasteiger partial charge in [0.2, 0.25) is 0 Å². The summed E-state index contributed by atoms with van der Waals surface area (Å²) in [4.78, 5) is 18.0. The molecule has 5 heteroatoms. The van der Waals surface area contributed by atoms with E-state index in [-0.39, 0.29) is 5.91 Å². The molecule has 1 amide bonds. The highest BCUT2D eigenvalue weighted by Crippen LogP contribution is 2.06. The van der Waals surface area contributed by atoms with Crippen molar-refractivity contribution in [2.45, 2.75) is 19.9 Å². The fourth-order valence-electron chi connectivity index (χ4n) is 1.88. The number of hydrogen-bond acceptors (Lipinski definition) is 4. The lowest BCUT2D eigenvalue weighted by Gasteiger charge is -2.28. The van der Waals surface area contributed by atoms with Crippen molar-refractivity contribution in [1.29, 1.82) is 0 Å². The van der Waals surface area contributed by atoms with Crippen LogP contribution in [0.15, 0.2) is 18.2 Å². The Morgan fingerprint density at radius 2 is 2.11 bits per heavy atom. The number of anilines is 1. The Morgan fingerprint density at radius 1 is 1.44 bits per heavy atom. The number of nitrogens with two attached hydrogens (primary N) is 1. The summed E-state index contributed by atoms with van der Waals surface area (Å²) in [6.45, 7) is 4.87. The van der Waals surface area contributed by atoms with Gasteiger partial charge in [-0.1, -0.05) is 19.9 Å². The fraction of sp³-hybridized carbons (Fsp3) is 0.538. The third kappa shape index (κ3) is 4.00. The number of aromatic nitrogens is 1. The average Bonchev–Trinajstić information content (AvgIpc) is 2.28. The summed E-state index contributed by atoms with van der Waals surface area (Å²) in [6, 6.07) is 5.34. The Bertz CT molecular complexity index is 396. The summed E-state index contributed by atoms with van der Waals surface area (Å²) in [6.07, 6.45) is 0. The predicted octanol–water partition coefficient (Wildman–Crippen LogP) is 0.980. The van der Waals surface area contributed by atoms with Gasteiger partial charge in [-0.05, 0) is 32.1 Å². The Kier molecular flexibility index (Phi) is 5.09. The molecular weight excluding hydrogens is 228 g/mol. The molecule has 0 aliphatic heterocycles. The van der Waals surface area contributed by atoms with E-state index in [1.54, 1.807) is 18.2 Å². The molecule has 0 unspecified atom stereocenters. The fourth-order valence-corrected chi connectivity index (χ4v) is 1.88. The SMILES string of the molecule is CC(C)[C@@H](CNC(=O)c1cccc(N)n1)N(C)C. The first-order valence-electron chi connectivity index (χ1n) is 6.09. The number of hydrogen-bond donors (Lipinski definition) is 2. The van der Waals surface area contributed by atoms with Crippen molar-refractivity contribution in [3.63, 3.8) is 0 Å². The molecule has 1 rings (SSSR count). The third-order valence-electron chi connectivity index (χ3n) is 2.91. The molecule has 0 aromatic carbocycles. The van der Waals surface area contributed by atoms with Gasteiger partial charge in [-0.15, -0.1) is 0 Å². The Balaban J connectivity index is 2.60. The van der Waals surface area contributed by atoms with Crippen molar-refractivity contribution < 1.29 is 4.79 Å². The minimum absolute atomic E-state index is 0.185. The molecule has 0 aliphatic carbocycles. The van der Waals surface area contributed by atoms with Crippen molar-refractivity contribution in [1.82, 2.24) is 15.2 Å². The smallest absolute Gasteiger partial charge is 0.270 e. The third-order valence-corrected chi connectivity index (χ3v) is 2.91. The highest BCUT2D eigenvalue weighted by molar-refractivity contribution is 5.92. The number of likely N-dealkylation sites (N-methyl/N-ethyl adjacent to an activating group) is 1. The summed E-state index contributed by atoms with van der Waals surface area (Å²) in [7, 11) is 4.02. The Hall–Kier alpha value is -1.62. The van der Waals surface area contributed by atoms with Crippen LogP contribution in [0, 0.1) is 5.92 Å². The van der Waals surface area contributed by atoms with Crippen molar-refractivity contribution >= 4 is 11.7 Å².